The highest BCUT2D eigenvalue weighted by Gasteiger charge is 2.26. The van der Waals surface area contributed by atoms with Crippen LogP contribution >= 0.6 is 0 Å². The first kappa shape index (κ1) is 33.0. The number of nitrogens with one attached hydrogen (secondary N) is 3. The number of hydrogen-bond donors (Lipinski definition) is 3. The highest BCUT2D eigenvalue weighted by Crippen LogP contribution is 2.28. The molecular weight excluding hydrogens is 579 g/mol. The summed E-state index contributed by atoms with van der Waals surface area (Å²) in [5.41, 5.74) is 5.09. The topological polar surface area (TPSA) is 126 Å². The lowest BCUT2D eigenvalue weighted by Crippen LogP contribution is -2.39. The molecule has 0 saturated heterocycles. The second-order valence-corrected chi connectivity index (χ2v) is 12.8. The second-order valence-electron chi connectivity index (χ2n) is 12.8. The van der Waals surface area contributed by atoms with Gasteiger partial charge in [0.1, 0.15) is 17.0 Å². The number of rotatable bonds is 7. The lowest BCUT2D eigenvalue weighted by atomic mass is 9.95. The molecular formula is C34H39FN4O6. The predicted molar refractivity (Wildman–Crippen MR) is 169 cm³/mol. The van der Waals surface area contributed by atoms with Crippen LogP contribution in [0.25, 0.3) is 5.57 Å². The highest BCUT2D eigenvalue weighted by molar-refractivity contribution is 6.11. The van der Waals surface area contributed by atoms with Gasteiger partial charge < -0.3 is 30.3 Å². The summed E-state index contributed by atoms with van der Waals surface area (Å²) >= 11 is 0. The van der Waals surface area contributed by atoms with E-state index < -0.39 is 34.9 Å². The molecule has 0 fully saturated rings. The van der Waals surface area contributed by atoms with E-state index in [4.69, 9.17) is 9.47 Å². The Hall–Kier alpha value is -4.89. The molecule has 11 heteroatoms. The van der Waals surface area contributed by atoms with Crippen molar-refractivity contribution in [3.63, 3.8) is 0 Å². The Balaban J connectivity index is 1.28. The first-order valence-electron chi connectivity index (χ1n) is 14.7. The Labute approximate surface area is 262 Å². The van der Waals surface area contributed by atoms with Crippen molar-refractivity contribution in [2.45, 2.75) is 72.1 Å². The maximum atomic E-state index is 14.9. The van der Waals surface area contributed by atoms with Gasteiger partial charge >= 0.3 is 12.2 Å². The van der Waals surface area contributed by atoms with Gasteiger partial charge in [0.15, 0.2) is 0 Å². The van der Waals surface area contributed by atoms with E-state index in [0.29, 0.717) is 36.3 Å². The van der Waals surface area contributed by atoms with Gasteiger partial charge in [0.05, 0.1) is 16.8 Å². The molecule has 3 N–H and O–H groups in total. The van der Waals surface area contributed by atoms with Crippen molar-refractivity contribution in [1.82, 2.24) is 10.2 Å². The van der Waals surface area contributed by atoms with Gasteiger partial charge in [-0.25, -0.2) is 14.0 Å². The Morgan fingerprint density at radius 1 is 0.889 bits per heavy atom. The average molecular weight is 619 g/mol. The third-order valence-electron chi connectivity index (χ3n) is 6.70. The van der Waals surface area contributed by atoms with Crippen molar-refractivity contribution in [2.75, 3.05) is 23.7 Å². The van der Waals surface area contributed by atoms with E-state index in [1.54, 1.807) is 56.0 Å². The van der Waals surface area contributed by atoms with Crippen molar-refractivity contribution >= 4 is 40.9 Å². The molecule has 1 aliphatic carbocycles. The van der Waals surface area contributed by atoms with Crippen LogP contribution in [-0.4, -0.2) is 53.2 Å². The number of halogens is 1. The van der Waals surface area contributed by atoms with Gasteiger partial charge in [-0.3, -0.25) is 9.59 Å². The van der Waals surface area contributed by atoms with E-state index in [0.717, 1.165) is 11.1 Å². The fraction of sp³-hybridized carbons (Fsp3) is 0.382. The number of alkyl carbamates (subject to hydrolysis) is 1. The molecule has 1 heterocycles. The van der Waals surface area contributed by atoms with Crippen molar-refractivity contribution in [1.29, 1.82) is 0 Å². The SMILES string of the molecule is CC(C)(C)OC(=O)NCc1ccc(NC(=O)C2=C=C(C(=O)Nc3ccc(C4=CCN(C(=O)OC(C)(C)C)CC4)cc3F)C2)cc1. The van der Waals surface area contributed by atoms with Crippen molar-refractivity contribution in [3.8, 4) is 0 Å². The number of amides is 4. The van der Waals surface area contributed by atoms with E-state index in [9.17, 15) is 23.6 Å². The molecule has 1 aliphatic heterocycles. The molecule has 0 radical (unpaired) electrons. The summed E-state index contributed by atoms with van der Waals surface area (Å²) < 4.78 is 25.5. The zero-order valence-corrected chi connectivity index (χ0v) is 26.4. The molecule has 0 aromatic heterocycles. The maximum absolute atomic E-state index is 14.9. The van der Waals surface area contributed by atoms with E-state index in [1.807, 2.05) is 26.8 Å². The van der Waals surface area contributed by atoms with E-state index >= 15 is 0 Å². The van der Waals surface area contributed by atoms with Gasteiger partial charge in [-0.1, -0.05) is 24.3 Å². The summed E-state index contributed by atoms with van der Waals surface area (Å²) in [5.74, 6) is -1.53. The fourth-order valence-electron chi connectivity index (χ4n) is 4.45. The summed E-state index contributed by atoms with van der Waals surface area (Å²) in [5, 5.41) is 7.97. The van der Waals surface area contributed by atoms with Gasteiger partial charge in [-0.15, -0.1) is 5.73 Å². The standard InChI is InChI=1S/C34H39FN4O6/c1-33(2,3)44-31(42)36-20-21-7-10-26(11-8-21)37-29(40)24-17-25(18-24)30(41)38-28-12-9-23(19-27(28)35)22-13-15-39(16-14-22)32(43)45-34(4,5)6/h7-13,19H,14-17,20H2,1-6H3,(H,36,42)(H,37,40)(H,38,41). The summed E-state index contributed by atoms with van der Waals surface area (Å²) in [6.07, 6.45) is 1.60. The maximum Gasteiger partial charge on any atom is 0.410 e. The zero-order valence-electron chi connectivity index (χ0n) is 26.4. The molecule has 4 rings (SSSR count). The number of hydrogen-bond acceptors (Lipinski definition) is 6. The molecule has 0 bridgehead atoms. The number of benzene rings is 2. The molecule has 0 spiro atoms. The van der Waals surface area contributed by atoms with Gasteiger partial charge in [-0.05, 0) is 88.9 Å². The number of ether oxygens (including phenoxy) is 2. The Morgan fingerprint density at radius 2 is 1.51 bits per heavy atom. The first-order chi connectivity index (χ1) is 21.1. The van der Waals surface area contributed by atoms with Crippen LogP contribution in [-0.2, 0) is 25.6 Å². The monoisotopic (exact) mass is 618 g/mol. The Morgan fingerprint density at radius 3 is 2.07 bits per heavy atom. The van der Waals surface area contributed by atoms with Crippen LogP contribution in [0.2, 0.25) is 0 Å². The van der Waals surface area contributed by atoms with Crippen LogP contribution in [0.5, 0.6) is 0 Å². The molecule has 0 unspecified atom stereocenters. The molecule has 4 amide bonds. The predicted octanol–water partition coefficient (Wildman–Crippen LogP) is 6.31. The van der Waals surface area contributed by atoms with Crippen molar-refractivity contribution in [2.24, 2.45) is 0 Å². The smallest absolute Gasteiger partial charge is 0.410 e. The van der Waals surface area contributed by atoms with Crippen LogP contribution in [0.3, 0.4) is 0 Å². The Kier molecular flexibility index (Phi) is 9.83. The van der Waals surface area contributed by atoms with E-state index in [-0.39, 0.29) is 30.3 Å². The van der Waals surface area contributed by atoms with Gasteiger partial charge in [-0.2, -0.15) is 0 Å². The molecule has 238 valence electrons. The molecule has 2 aromatic rings. The zero-order chi connectivity index (χ0) is 32.9. The van der Waals surface area contributed by atoms with Crippen LogP contribution in [0.15, 0.2) is 65.4 Å². The molecule has 2 aromatic carbocycles. The van der Waals surface area contributed by atoms with Crippen molar-refractivity contribution < 1.29 is 33.0 Å². The largest absolute Gasteiger partial charge is 0.444 e. The third kappa shape index (κ3) is 9.55. The molecule has 10 nitrogen and oxygen atoms in total. The average Bonchev–Trinajstić information content (AvgIpc) is 2.91. The van der Waals surface area contributed by atoms with E-state index in [1.165, 1.54) is 12.1 Å². The highest BCUT2D eigenvalue weighted by atomic mass is 19.1. The van der Waals surface area contributed by atoms with Gasteiger partial charge in [0.2, 0.25) is 0 Å². The lowest BCUT2D eigenvalue weighted by molar-refractivity contribution is -0.113. The van der Waals surface area contributed by atoms with Crippen LogP contribution in [0.1, 0.15) is 65.5 Å². The Bertz CT molecular complexity index is 1590. The minimum absolute atomic E-state index is 0.0176. The van der Waals surface area contributed by atoms with Crippen LogP contribution in [0.4, 0.5) is 25.4 Å². The van der Waals surface area contributed by atoms with Crippen LogP contribution in [0, 0.1) is 5.82 Å². The quantitative estimate of drug-likeness (QED) is 0.313. The number of nitrogens with zero attached hydrogens (tertiary/aromatic N) is 1. The number of anilines is 2. The summed E-state index contributed by atoms with van der Waals surface area (Å²) in [4.78, 5) is 51.0. The molecule has 0 atom stereocenters. The third-order valence-corrected chi connectivity index (χ3v) is 6.70. The normalized spacial score (nSPS) is 14.6. The first-order valence-corrected chi connectivity index (χ1v) is 14.7. The lowest BCUT2D eigenvalue weighted by Gasteiger charge is -2.29. The molecule has 0 saturated carbocycles. The summed E-state index contributed by atoms with van der Waals surface area (Å²) in [7, 11) is 0. The molecule has 2 aliphatic rings. The minimum Gasteiger partial charge on any atom is -0.444 e. The van der Waals surface area contributed by atoms with Gasteiger partial charge in [0, 0.05) is 31.7 Å². The summed E-state index contributed by atoms with van der Waals surface area (Å²) in [6, 6.07) is 11.5. The molecule has 45 heavy (non-hydrogen) atoms. The van der Waals surface area contributed by atoms with Crippen molar-refractivity contribution in [3.05, 3.63) is 82.4 Å². The van der Waals surface area contributed by atoms with Gasteiger partial charge in [0.25, 0.3) is 11.8 Å². The number of carbonyl (C=O) groups is 4. The van der Waals surface area contributed by atoms with Crippen LogP contribution < -0.4 is 16.0 Å². The minimum atomic E-state index is -0.595. The number of carbonyl (C=O) groups excluding carboxylic acids is 4. The summed E-state index contributed by atoms with van der Waals surface area (Å²) in [6.45, 7) is 11.9. The second kappa shape index (κ2) is 13.4. The fourth-order valence-corrected chi connectivity index (χ4v) is 4.45. The van der Waals surface area contributed by atoms with E-state index in [2.05, 4.69) is 21.7 Å².